The Morgan fingerprint density at radius 3 is 2.00 bits per heavy atom. The van der Waals surface area contributed by atoms with E-state index in [1.807, 2.05) is 13.8 Å². The zero-order valence-corrected chi connectivity index (χ0v) is 19.1. The van der Waals surface area contributed by atoms with Gasteiger partial charge >= 0.3 is 0 Å². The van der Waals surface area contributed by atoms with Gasteiger partial charge in [0.2, 0.25) is 0 Å². The highest BCUT2D eigenvalue weighted by Gasteiger charge is 2.35. The largest absolute Gasteiger partial charge is 0.224 e. The summed E-state index contributed by atoms with van der Waals surface area (Å²) in [6.45, 7) is 7.90. The minimum atomic E-state index is -3.72. The number of rotatable bonds is 5. The second-order valence-electron chi connectivity index (χ2n) is 7.98. The van der Waals surface area contributed by atoms with Crippen molar-refractivity contribution in [3.05, 3.63) is 45.5 Å². The summed E-state index contributed by atoms with van der Waals surface area (Å²) in [5.41, 5.74) is 7.67. The third-order valence-electron chi connectivity index (χ3n) is 5.82. The average Bonchev–Trinajstić information content (AvgIpc) is 2.95. The lowest BCUT2D eigenvalue weighted by Gasteiger charge is -2.21. The van der Waals surface area contributed by atoms with Gasteiger partial charge in [0.1, 0.15) is 0 Å². The molecule has 28 heavy (non-hydrogen) atoms. The molecule has 0 N–H and O–H groups in total. The average molecular weight is 421 g/mol. The van der Waals surface area contributed by atoms with Gasteiger partial charge in [-0.3, -0.25) is 0 Å². The summed E-state index contributed by atoms with van der Waals surface area (Å²) < 4.78 is 51.0. The van der Waals surface area contributed by atoms with Gasteiger partial charge < -0.3 is 0 Å². The molecule has 0 aliphatic heterocycles. The fourth-order valence-corrected chi connectivity index (χ4v) is 7.67. The van der Waals surface area contributed by atoms with Gasteiger partial charge in [-0.05, 0) is 84.5 Å². The van der Waals surface area contributed by atoms with Crippen molar-refractivity contribution >= 4 is 19.7 Å². The number of aryl methyl sites for hydroxylation is 1. The predicted octanol–water partition coefficient (Wildman–Crippen LogP) is 4.33. The minimum absolute atomic E-state index is 0.0156. The number of hydrogen-bond acceptors (Lipinski definition) is 4. The van der Waals surface area contributed by atoms with E-state index in [2.05, 4.69) is 19.1 Å². The van der Waals surface area contributed by atoms with Crippen molar-refractivity contribution in [2.45, 2.75) is 63.2 Å². The van der Waals surface area contributed by atoms with Crippen molar-refractivity contribution in [3.8, 4) is 11.1 Å². The molecular formula is C22H28O4S2. The number of fused-ring (bicyclic) bond motifs is 3. The van der Waals surface area contributed by atoms with Crippen LogP contribution in [0.4, 0.5) is 0 Å². The van der Waals surface area contributed by atoms with Crippen LogP contribution in [0.2, 0.25) is 0 Å². The lowest BCUT2D eigenvalue weighted by Crippen LogP contribution is -2.15. The van der Waals surface area contributed by atoms with E-state index in [0.29, 0.717) is 24.0 Å². The van der Waals surface area contributed by atoms with Crippen LogP contribution < -0.4 is 0 Å². The zero-order chi connectivity index (χ0) is 21.0. The molecule has 1 aliphatic carbocycles. The normalized spacial score (nSPS) is 13.5. The summed E-state index contributed by atoms with van der Waals surface area (Å²) in [6, 6.07) is 4.16. The van der Waals surface area contributed by atoms with Gasteiger partial charge in [-0.15, -0.1) is 0 Å². The van der Waals surface area contributed by atoms with Gasteiger partial charge in [-0.1, -0.05) is 25.5 Å². The molecule has 0 heterocycles. The van der Waals surface area contributed by atoms with Crippen LogP contribution in [0.25, 0.3) is 11.1 Å². The molecule has 2 aromatic rings. The van der Waals surface area contributed by atoms with E-state index in [4.69, 9.17) is 0 Å². The number of sulfone groups is 2. The lowest BCUT2D eigenvalue weighted by molar-refractivity contribution is 0.585. The summed E-state index contributed by atoms with van der Waals surface area (Å²) in [4.78, 5) is -0.00418. The summed E-state index contributed by atoms with van der Waals surface area (Å²) in [7, 11) is -7.43. The Bertz CT molecular complexity index is 1190. The maximum Gasteiger partial charge on any atom is 0.177 e. The van der Waals surface area contributed by atoms with E-state index in [0.717, 1.165) is 58.7 Å². The standard InChI is InChI=1S/C22H28O4S2/c1-7-8-9-17-18-12-16-11-10-13(2)14(3)19(16)20(18)15(4)21(27(5,23)24)22(17)28(6,25)26/h10-11H,7-9,12H2,1-6H3. The van der Waals surface area contributed by atoms with Gasteiger partial charge in [-0.2, -0.15) is 0 Å². The topological polar surface area (TPSA) is 68.3 Å². The molecule has 0 fully saturated rings. The highest BCUT2D eigenvalue weighted by Crippen LogP contribution is 2.48. The Morgan fingerprint density at radius 2 is 1.46 bits per heavy atom. The monoisotopic (exact) mass is 420 g/mol. The van der Waals surface area contributed by atoms with E-state index in [1.165, 1.54) is 0 Å². The predicted molar refractivity (Wildman–Crippen MR) is 114 cm³/mol. The minimum Gasteiger partial charge on any atom is -0.224 e. The lowest BCUT2D eigenvalue weighted by atomic mass is 9.91. The molecule has 1 aliphatic rings. The molecule has 0 unspecified atom stereocenters. The molecule has 4 nitrogen and oxygen atoms in total. The van der Waals surface area contributed by atoms with E-state index in [-0.39, 0.29) is 9.79 Å². The van der Waals surface area contributed by atoms with E-state index in [9.17, 15) is 16.8 Å². The summed E-state index contributed by atoms with van der Waals surface area (Å²) >= 11 is 0. The Labute approximate surface area is 168 Å². The van der Waals surface area contributed by atoms with Crippen LogP contribution in [0.5, 0.6) is 0 Å². The summed E-state index contributed by atoms with van der Waals surface area (Å²) in [5, 5.41) is 0. The van der Waals surface area contributed by atoms with Crippen molar-refractivity contribution in [1.29, 1.82) is 0 Å². The molecular weight excluding hydrogens is 392 g/mol. The molecule has 0 radical (unpaired) electrons. The first kappa shape index (κ1) is 21.1. The fourth-order valence-electron chi connectivity index (χ4n) is 4.48. The Balaban J connectivity index is 2.57. The van der Waals surface area contributed by atoms with Crippen LogP contribution in [0.15, 0.2) is 21.9 Å². The molecule has 0 bridgehead atoms. The summed E-state index contributed by atoms with van der Waals surface area (Å²) in [5.74, 6) is 0. The van der Waals surface area contributed by atoms with Crippen LogP contribution in [0, 0.1) is 20.8 Å². The molecule has 2 aromatic carbocycles. The number of benzene rings is 2. The van der Waals surface area contributed by atoms with Crippen molar-refractivity contribution in [3.63, 3.8) is 0 Å². The quantitative estimate of drug-likeness (QED) is 0.616. The van der Waals surface area contributed by atoms with E-state index >= 15 is 0 Å². The van der Waals surface area contributed by atoms with Crippen molar-refractivity contribution < 1.29 is 16.8 Å². The highest BCUT2D eigenvalue weighted by atomic mass is 32.2. The second-order valence-corrected chi connectivity index (χ2v) is 11.9. The summed E-state index contributed by atoms with van der Waals surface area (Å²) in [6.07, 6.45) is 5.17. The molecule has 6 heteroatoms. The SMILES string of the molecule is CCCCc1c2c(c(C)c(S(C)(=O)=O)c1S(C)(=O)=O)-c1c(ccc(C)c1C)C2. The second kappa shape index (κ2) is 6.99. The third-order valence-corrected chi connectivity index (χ3v) is 8.40. The van der Waals surface area contributed by atoms with E-state index < -0.39 is 19.7 Å². The maximum absolute atomic E-state index is 12.8. The van der Waals surface area contributed by atoms with Crippen molar-refractivity contribution in [1.82, 2.24) is 0 Å². The fraction of sp³-hybridized carbons (Fsp3) is 0.455. The third kappa shape index (κ3) is 3.30. The molecule has 0 spiro atoms. The zero-order valence-electron chi connectivity index (χ0n) is 17.4. The van der Waals surface area contributed by atoms with Crippen LogP contribution in [-0.4, -0.2) is 29.3 Å². The first-order valence-corrected chi connectivity index (χ1v) is 13.4. The number of hydrogen-bond donors (Lipinski definition) is 0. The number of unbranched alkanes of at least 4 members (excludes halogenated alkanes) is 1. The van der Waals surface area contributed by atoms with Gasteiger partial charge in [0, 0.05) is 12.5 Å². The molecule has 152 valence electrons. The first-order chi connectivity index (χ1) is 12.9. The Hall–Kier alpha value is -1.66. The van der Waals surface area contributed by atoms with Gasteiger partial charge in [-0.25, -0.2) is 16.8 Å². The highest BCUT2D eigenvalue weighted by molar-refractivity contribution is 7.93. The van der Waals surface area contributed by atoms with E-state index in [1.54, 1.807) is 6.92 Å². The van der Waals surface area contributed by atoms with Crippen LogP contribution in [0.3, 0.4) is 0 Å². The first-order valence-electron chi connectivity index (χ1n) is 9.57. The van der Waals surface area contributed by atoms with Gasteiger partial charge in [0.25, 0.3) is 0 Å². The van der Waals surface area contributed by atoms with Crippen LogP contribution in [0.1, 0.15) is 53.1 Å². The van der Waals surface area contributed by atoms with Crippen LogP contribution >= 0.6 is 0 Å². The molecule has 0 atom stereocenters. The molecule has 0 amide bonds. The Kier molecular flexibility index (Phi) is 5.26. The van der Waals surface area contributed by atoms with Crippen molar-refractivity contribution in [2.75, 3.05) is 12.5 Å². The molecule has 0 saturated carbocycles. The van der Waals surface area contributed by atoms with Gasteiger partial charge in [0.15, 0.2) is 19.7 Å². The van der Waals surface area contributed by atoms with Crippen LogP contribution in [-0.2, 0) is 32.5 Å². The van der Waals surface area contributed by atoms with Gasteiger partial charge in [0.05, 0.1) is 9.79 Å². The molecule has 0 aromatic heterocycles. The maximum atomic E-state index is 12.8. The van der Waals surface area contributed by atoms with Crippen molar-refractivity contribution in [2.24, 2.45) is 0 Å². The Morgan fingerprint density at radius 1 is 0.857 bits per heavy atom. The molecule has 0 saturated heterocycles. The molecule has 3 rings (SSSR count). The smallest absolute Gasteiger partial charge is 0.177 e.